The fourth-order valence-electron chi connectivity index (χ4n) is 2.65. The zero-order valence-electron chi connectivity index (χ0n) is 16.7. The lowest BCUT2D eigenvalue weighted by molar-refractivity contribution is -0.127. The van der Waals surface area contributed by atoms with Crippen LogP contribution in [-0.2, 0) is 11.3 Å². The Kier molecular flexibility index (Phi) is 7.48. The second kappa shape index (κ2) is 10.3. The molecular formula is C21H24N4O2S2. The average molecular weight is 429 g/mol. The smallest absolute Gasteiger partial charge is 0.233 e. The highest BCUT2D eigenvalue weighted by atomic mass is 32.2. The molecule has 3 aromatic rings. The van der Waals surface area contributed by atoms with E-state index in [9.17, 15) is 4.79 Å². The van der Waals surface area contributed by atoms with Gasteiger partial charge < -0.3 is 15.0 Å². The molecule has 0 saturated heterocycles. The molecule has 0 spiro atoms. The second-order valence-corrected chi connectivity index (χ2v) is 8.59. The highest BCUT2D eigenvalue weighted by molar-refractivity contribution is 8.01. The molecule has 2 aromatic carbocycles. The Labute approximate surface area is 179 Å². The molecule has 3 rings (SSSR count). The Morgan fingerprint density at radius 2 is 1.93 bits per heavy atom. The molecule has 0 radical (unpaired) electrons. The third kappa shape index (κ3) is 5.95. The van der Waals surface area contributed by atoms with Gasteiger partial charge in [0.1, 0.15) is 5.75 Å². The van der Waals surface area contributed by atoms with E-state index in [4.69, 9.17) is 4.74 Å². The summed E-state index contributed by atoms with van der Waals surface area (Å²) in [7, 11) is 1.83. The van der Waals surface area contributed by atoms with Crippen LogP contribution in [0.5, 0.6) is 5.75 Å². The summed E-state index contributed by atoms with van der Waals surface area (Å²) >= 11 is 2.82. The number of amides is 1. The van der Waals surface area contributed by atoms with E-state index >= 15 is 0 Å². The summed E-state index contributed by atoms with van der Waals surface area (Å²) in [6.07, 6.45) is 0. The fraction of sp³-hybridized carbons (Fsp3) is 0.286. The first-order valence-corrected chi connectivity index (χ1v) is 11.1. The summed E-state index contributed by atoms with van der Waals surface area (Å²) in [5.74, 6) is 1.16. The second-order valence-electron chi connectivity index (χ2n) is 6.39. The van der Waals surface area contributed by atoms with E-state index in [2.05, 4.69) is 34.6 Å². The summed E-state index contributed by atoms with van der Waals surface area (Å²) in [5, 5.41) is 12.3. The standard InChI is InChI=1S/C21H24N4O2S2/c1-4-27-18-12-8-7-11-17(18)22-20-23-24-21(29-20)28-14-19(26)25(3)13-16-10-6-5-9-15(16)2/h5-12H,4,13-14H2,1-3H3,(H,22,23). The number of aryl methyl sites for hydroxylation is 1. The van der Waals surface area contributed by atoms with E-state index in [1.54, 1.807) is 4.90 Å². The van der Waals surface area contributed by atoms with Crippen molar-refractivity contribution in [1.29, 1.82) is 0 Å². The fourth-order valence-corrected chi connectivity index (χ4v) is 4.35. The van der Waals surface area contributed by atoms with Gasteiger partial charge in [-0.15, -0.1) is 10.2 Å². The first-order chi connectivity index (χ1) is 14.1. The van der Waals surface area contributed by atoms with Gasteiger partial charge in [0.05, 0.1) is 18.0 Å². The maximum absolute atomic E-state index is 12.5. The third-order valence-corrected chi connectivity index (χ3v) is 6.21. The number of para-hydroxylation sites is 2. The number of nitrogens with zero attached hydrogens (tertiary/aromatic N) is 3. The Morgan fingerprint density at radius 1 is 1.17 bits per heavy atom. The highest BCUT2D eigenvalue weighted by Gasteiger charge is 2.14. The van der Waals surface area contributed by atoms with Crippen molar-refractivity contribution < 1.29 is 9.53 Å². The van der Waals surface area contributed by atoms with Crippen molar-refractivity contribution >= 4 is 39.8 Å². The first-order valence-electron chi connectivity index (χ1n) is 9.30. The lowest BCUT2D eigenvalue weighted by Gasteiger charge is -2.18. The average Bonchev–Trinajstić information content (AvgIpc) is 3.17. The van der Waals surface area contributed by atoms with E-state index in [0.29, 0.717) is 24.0 Å². The van der Waals surface area contributed by atoms with Crippen molar-refractivity contribution in [2.75, 3.05) is 24.7 Å². The van der Waals surface area contributed by atoms with Gasteiger partial charge in [-0.1, -0.05) is 59.5 Å². The normalized spacial score (nSPS) is 10.6. The maximum Gasteiger partial charge on any atom is 0.233 e. The van der Waals surface area contributed by atoms with Crippen molar-refractivity contribution in [3.05, 3.63) is 59.7 Å². The molecule has 8 heteroatoms. The van der Waals surface area contributed by atoms with Crippen LogP contribution in [0.4, 0.5) is 10.8 Å². The molecule has 0 aliphatic carbocycles. The van der Waals surface area contributed by atoms with Gasteiger partial charge >= 0.3 is 0 Å². The lowest BCUT2D eigenvalue weighted by Crippen LogP contribution is -2.28. The first kappa shape index (κ1) is 21.1. The predicted molar refractivity (Wildman–Crippen MR) is 119 cm³/mol. The highest BCUT2D eigenvalue weighted by Crippen LogP contribution is 2.31. The van der Waals surface area contributed by atoms with Gasteiger partial charge in [0, 0.05) is 13.6 Å². The van der Waals surface area contributed by atoms with Crippen LogP contribution in [0.2, 0.25) is 0 Å². The molecule has 6 nitrogen and oxygen atoms in total. The van der Waals surface area contributed by atoms with Crippen molar-refractivity contribution in [2.24, 2.45) is 0 Å². The SMILES string of the molecule is CCOc1ccccc1Nc1nnc(SCC(=O)N(C)Cc2ccccc2C)s1. The largest absolute Gasteiger partial charge is 0.492 e. The predicted octanol–water partition coefficient (Wildman–Crippen LogP) is 4.74. The van der Waals surface area contributed by atoms with Gasteiger partial charge in [-0.2, -0.15) is 0 Å². The zero-order valence-corrected chi connectivity index (χ0v) is 18.3. The van der Waals surface area contributed by atoms with Crippen LogP contribution in [0.1, 0.15) is 18.1 Å². The lowest BCUT2D eigenvalue weighted by atomic mass is 10.1. The van der Waals surface area contributed by atoms with Crippen LogP contribution in [0.15, 0.2) is 52.9 Å². The van der Waals surface area contributed by atoms with Crippen molar-refractivity contribution in [3.8, 4) is 5.75 Å². The number of hydrogen-bond donors (Lipinski definition) is 1. The number of nitrogens with one attached hydrogen (secondary N) is 1. The number of carbonyl (C=O) groups excluding carboxylic acids is 1. The summed E-state index contributed by atoms with van der Waals surface area (Å²) in [5.41, 5.74) is 3.19. The minimum Gasteiger partial charge on any atom is -0.492 e. The molecule has 0 saturated carbocycles. The summed E-state index contributed by atoms with van der Waals surface area (Å²) < 4.78 is 6.37. The number of rotatable bonds is 9. The van der Waals surface area contributed by atoms with Gasteiger partial charge in [-0.05, 0) is 37.1 Å². The quantitative estimate of drug-likeness (QED) is 0.497. The number of anilines is 2. The number of thioether (sulfide) groups is 1. The van der Waals surface area contributed by atoms with Gasteiger partial charge in [0.25, 0.3) is 0 Å². The molecule has 0 atom stereocenters. The van der Waals surface area contributed by atoms with Gasteiger partial charge in [0.2, 0.25) is 11.0 Å². The Hall–Kier alpha value is -2.58. The van der Waals surface area contributed by atoms with E-state index in [1.807, 2.05) is 50.4 Å². The van der Waals surface area contributed by atoms with Gasteiger partial charge in [-0.3, -0.25) is 4.79 Å². The third-order valence-electron chi connectivity index (χ3n) is 4.25. The Bertz CT molecular complexity index is 961. The molecule has 1 amide bonds. The minimum atomic E-state index is 0.0599. The van der Waals surface area contributed by atoms with Crippen LogP contribution < -0.4 is 10.1 Å². The van der Waals surface area contributed by atoms with Crippen molar-refractivity contribution in [3.63, 3.8) is 0 Å². The van der Waals surface area contributed by atoms with Gasteiger partial charge in [-0.25, -0.2) is 0 Å². The van der Waals surface area contributed by atoms with Crippen LogP contribution in [-0.4, -0.2) is 40.4 Å². The molecule has 152 valence electrons. The van der Waals surface area contributed by atoms with Gasteiger partial charge in [0.15, 0.2) is 4.34 Å². The number of ether oxygens (including phenoxy) is 1. The Balaban J connectivity index is 1.54. The maximum atomic E-state index is 12.5. The number of benzene rings is 2. The minimum absolute atomic E-state index is 0.0599. The molecular weight excluding hydrogens is 404 g/mol. The van der Waals surface area contributed by atoms with E-state index < -0.39 is 0 Å². The topological polar surface area (TPSA) is 67.3 Å². The zero-order chi connectivity index (χ0) is 20.6. The summed E-state index contributed by atoms with van der Waals surface area (Å²) in [6, 6.07) is 15.8. The van der Waals surface area contributed by atoms with Crippen LogP contribution >= 0.6 is 23.1 Å². The van der Waals surface area contributed by atoms with E-state index in [0.717, 1.165) is 21.3 Å². The molecule has 0 aliphatic heterocycles. The van der Waals surface area contributed by atoms with Crippen LogP contribution in [0.3, 0.4) is 0 Å². The summed E-state index contributed by atoms with van der Waals surface area (Å²) in [4.78, 5) is 14.2. The molecule has 1 aromatic heterocycles. The molecule has 1 N–H and O–H groups in total. The van der Waals surface area contributed by atoms with E-state index in [1.165, 1.54) is 28.7 Å². The van der Waals surface area contributed by atoms with Crippen molar-refractivity contribution in [1.82, 2.24) is 15.1 Å². The molecule has 0 aliphatic rings. The molecule has 0 bridgehead atoms. The molecule has 1 heterocycles. The molecule has 0 unspecified atom stereocenters. The van der Waals surface area contributed by atoms with Crippen molar-refractivity contribution in [2.45, 2.75) is 24.7 Å². The number of aromatic nitrogens is 2. The monoisotopic (exact) mass is 428 g/mol. The molecule has 0 fully saturated rings. The number of carbonyl (C=O) groups is 1. The Morgan fingerprint density at radius 3 is 2.72 bits per heavy atom. The number of hydrogen-bond acceptors (Lipinski definition) is 7. The molecule has 29 heavy (non-hydrogen) atoms. The van der Waals surface area contributed by atoms with Crippen LogP contribution in [0.25, 0.3) is 0 Å². The van der Waals surface area contributed by atoms with Crippen LogP contribution in [0, 0.1) is 6.92 Å². The van der Waals surface area contributed by atoms with E-state index in [-0.39, 0.29) is 5.91 Å². The summed E-state index contributed by atoms with van der Waals surface area (Å²) in [6.45, 7) is 5.20.